The van der Waals surface area contributed by atoms with Gasteiger partial charge in [-0.05, 0) is 18.6 Å². The summed E-state index contributed by atoms with van der Waals surface area (Å²) in [6, 6.07) is 4.43. The summed E-state index contributed by atoms with van der Waals surface area (Å²) < 4.78 is 76.7. The number of carbonyl (C=O) groups excluding carboxylic acids is 1. The van der Waals surface area contributed by atoms with Gasteiger partial charge in [0.15, 0.2) is 17.3 Å². The highest BCUT2D eigenvalue weighted by molar-refractivity contribution is 5.98. The summed E-state index contributed by atoms with van der Waals surface area (Å²) in [6.45, 7) is 0.857. The van der Waals surface area contributed by atoms with E-state index in [4.69, 9.17) is 15.7 Å². The van der Waals surface area contributed by atoms with E-state index < -0.39 is 46.4 Å². The first-order chi connectivity index (χ1) is 18.2. The fraction of sp³-hybridized carbons (Fsp3) is 0.208. The topological polar surface area (TPSA) is 123 Å². The predicted octanol–water partition coefficient (Wildman–Crippen LogP) is 3.90. The van der Waals surface area contributed by atoms with Gasteiger partial charge in [0, 0.05) is 30.8 Å². The van der Waals surface area contributed by atoms with E-state index in [-0.39, 0.29) is 41.1 Å². The molecule has 0 aliphatic carbocycles. The van der Waals surface area contributed by atoms with Crippen molar-refractivity contribution in [2.75, 3.05) is 25.4 Å². The minimum absolute atomic E-state index is 0.0184. The number of hydrogen-bond acceptors (Lipinski definition) is 8. The molecular formula is C24H16F5N7O2. The predicted molar refractivity (Wildman–Crippen MR) is 122 cm³/mol. The summed E-state index contributed by atoms with van der Waals surface area (Å²) in [7, 11) is 0. The molecule has 0 saturated carbocycles. The minimum Gasteiger partial charge on any atom is -0.451 e. The lowest BCUT2D eigenvalue weighted by atomic mass is 10.1. The van der Waals surface area contributed by atoms with Crippen molar-refractivity contribution in [3.8, 4) is 28.8 Å². The van der Waals surface area contributed by atoms with E-state index in [1.165, 1.54) is 12.4 Å². The van der Waals surface area contributed by atoms with Crippen LogP contribution in [-0.2, 0) is 4.79 Å². The molecule has 3 heterocycles. The van der Waals surface area contributed by atoms with Gasteiger partial charge in [0.05, 0.1) is 18.0 Å². The maximum absolute atomic E-state index is 15.3. The second kappa shape index (κ2) is 9.67. The molecule has 9 nitrogen and oxygen atoms in total. The number of benzene rings is 2. The first-order valence-electron chi connectivity index (χ1n) is 11.1. The Bertz CT molecular complexity index is 1610. The van der Waals surface area contributed by atoms with Crippen molar-refractivity contribution in [1.29, 1.82) is 5.26 Å². The van der Waals surface area contributed by atoms with E-state index >= 15 is 4.39 Å². The van der Waals surface area contributed by atoms with Crippen LogP contribution in [0.15, 0.2) is 30.6 Å². The zero-order chi connectivity index (χ0) is 27.1. The quantitative estimate of drug-likeness (QED) is 0.227. The van der Waals surface area contributed by atoms with Crippen LogP contribution in [0.3, 0.4) is 0 Å². The lowest BCUT2D eigenvalue weighted by molar-refractivity contribution is -0.114. The highest BCUT2D eigenvalue weighted by Gasteiger charge is 2.30. The minimum atomic E-state index is -1.77. The Labute approximate surface area is 210 Å². The largest absolute Gasteiger partial charge is 0.451 e. The number of nitrogens with two attached hydrogens (primary N) is 1. The number of nitrogen functional groups attached to an aromatic ring is 1. The standard InChI is InChI=1S/C24H16F5N7O2/c25-15-5-13(38-22-19(28)16(26)6-17(27)20(22)29)1-2-14(15)21-18-23(31)32-10-33-24(18)36(34-21)11-3-4-35(8-11)9-12(37)7-30/h1-2,5-6,10-11H,3-4,8-9H2,(H2,31,32,33)/t11-/m1/s1. The third kappa shape index (κ3) is 4.37. The summed E-state index contributed by atoms with van der Waals surface area (Å²) in [5.74, 6) is -10.2. The zero-order valence-electron chi connectivity index (χ0n) is 19.3. The normalized spacial score (nSPS) is 15.6. The highest BCUT2D eigenvalue weighted by Crippen LogP contribution is 2.37. The SMILES string of the molecule is N#CC(=O)CN1CC[C@@H](n2nc(-c3ccc(Oc4c(F)c(F)cc(F)c4F)cc3F)c3c(N)ncnc32)C1. The third-order valence-corrected chi connectivity index (χ3v) is 6.09. The molecule has 1 aliphatic rings. The van der Waals surface area contributed by atoms with E-state index in [0.29, 0.717) is 25.2 Å². The molecule has 2 aromatic heterocycles. The fourth-order valence-corrected chi connectivity index (χ4v) is 4.34. The van der Waals surface area contributed by atoms with E-state index in [9.17, 15) is 22.4 Å². The van der Waals surface area contributed by atoms with Crippen LogP contribution in [0.4, 0.5) is 27.8 Å². The number of hydrogen-bond donors (Lipinski definition) is 1. The Morgan fingerprint density at radius 2 is 1.84 bits per heavy atom. The summed E-state index contributed by atoms with van der Waals surface area (Å²) in [4.78, 5) is 21.5. The number of rotatable bonds is 6. The molecule has 38 heavy (non-hydrogen) atoms. The Morgan fingerprint density at radius 1 is 1.11 bits per heavy atom. The lowest BCUT2D eigenvalue weighted by Gasteiger charge is -2.14. The van der Waals surface area contributed by atoms with Crippen molar-refractivity contribution in [1.82, 2.24) is 24.6 Å². The number of nitriles is 1. The number of halogens is 5. The Morgan fingerprint density at radius 3 is 2.53 bits per heavy atom. The van der Waals surface area contributed by atoms with Gasteiger partial charge >= 0.3 is 0 Å². The monoisotopic (exact) mass is 529 g/mol. The van der Waals surface area contributed by atoms with Gasteiger partial charge in [0.1, 0.15) is 35.5 Å². The molecule has 0 amide bonds. The van der Waals surface area contributed by atoms with Gasteiger partial charge in [-0.15, -0.1) is 0 Å². The summed E-state index contributed by atoms with van der Waals surface area (Å²) >= 11 is 0. The molecule has 2 aromatic carbocycles. The average Bonchev–Trinajstić information content (AvgIpc) is 3.51. The number of likely N-dealkylation sites (tertiary alicyclic amines) is 1. The van der Waals surface area contributed by atoms with Crippen LogP contribution in [0.1, 0.15) is 12.5 Å². The molecule has 0 radical (unpaired) electrons. The molecule has 2 N–H and O–H groups in total. The number of nitrogens with zero attached hydrogens (tertiary/aromatic N) is 6. The summed E-state index contributed by atoms with van der Waals surface area (Å²) in [5.41, 5.74) is 6.37. The second-order valence-electron chi connectivity index (χ2n) is 8.50. The van der Waals surface area contributed by atoms with Gasteiger partial charge in [-0.3, -0.25) is 9.69 Å². The molecular weight excluding hydrogens is 513 g/mol. The van der Waals surface area contributed by atoms with Crippen LogP contribution in [-0.4, -0.2) is 50.1 Å². The van der Waals surface area contributed by atoms with Crippen molar-refractivity contribution in [2.45, 2.75) is 12.5 Å². The number of carbonyl (C=O) groups is 1. The highest BCUT2D eigenvalue weighted by atomic mass is 19.2. The molecule has 0 spiro atoms. The van der Waals surface area contributed by atoms with Crippen LogP contribution >= 0.6 is 0 Å². The van der Waals surface area contributed by atoms with E-state index in [1.54, 1.807) is 15.7 Å². The second-order valence-corrected chi connectivity index (χ2v) is 8.50. The first kappa shape index (κ1) is 25.0. The zero-order valence-corrected chi connectivity index (χ0v) is 19.3. The van der Waals surface area contributed by atoms with Gasteiger partial charge in [0.2, 0.25) is 23.2 Å². The van der Waals surface area contributed by atoms with Gasteiger partial charge in [-0.2, -0.15) is 19.1 Å². The lowest BCUT2D eigenvalue weighted by Crippen LogP contribution is -2.27. The van der Waals surface area contributed by atoms with Crippen molar-refractivity contribution in [3.05, 3.63) is 59.7 Å². The molecule has 0 bridgehead atoms. The van der Waals surface area contributed by atoms with Crippen LogP contribution in [0.2, 0.25) is 0 Å². The van der Waals surface area contributed by atoms with Crippen molar-refractivity contribution in [3.63, 3.8) is 0 Å². The van der Waals surface area contributed by atoms with E-state index in [2.05, 4.69) is 15.1 Å². The molecule has 1 fully saturated rings. The smallest absolute Gasteiger partial charge is 0.245 e. The van der Waals surface area contributed by atoms with Crippen LogP contribution in [0, 0.1) is 40.4 Å². The van der Waals surface area contributed by atoms with Crippen molar-refractivity contribution >= 4 is 22.6 Å². The molecule has 4 aromatic rings. The number of Topliss-reactive ketones (excluding diaryl/α,β-unsaturated/α-hetero) is 1. The summed E-state index contributed by atoms with van der Waals surface area (Å²) in [5, 5.41) is 13.5. The Balaban J connectivity index is 1.51. The van der Waals surface area contributed by atoms with Gasteiger partial charge in [0.25, 0.3) is 0 Å². The van der Waals surface area contributed by atoms with Gasteiger partial charge < -0.3 is 10.5 Å². The number of aromatic nitrogens is 4. The van der Waals surface area contributed by atoms with E-state index in [0.717, 1.165) is 12.1 Å². The Kier molecular flexibility index (Phi) is 6.37. The van der Waals surface area contributed by atoms with Gasteiger partial charge in [-0.1, -0.05) is 0 Å². The van der Waals surface area contributed by atoms with Crippen molar-refractivity contribution in [2.24, 2.45) is 0 Å². The maximum atomic E-state index is 15.3. The fourth-order valence-electron chi connectivity index (χ4n) is 4.34. The molecule has 1 aliphatic heterocycles. The van der Waals surface area contributed by atoms with Crippen LogP contribution in [0.5, 0.6) is 11.5 Å². The molecule has 14 heteroatoms. The molecule has 1 saturated heterocycles. The number of ether oxygens (including phenoxy) is 1. The summed E-state index contributed by atoms with van der Waals surface area (Å²) in [6.07, 6.45) is 1.79. The van der Waals surface area contributed by atoms with Crippen molar-refractivity contribution < 1.29 is 31.5 Å². The average molecular weight is 529 g/mol. The van der Waals surface area contributed by atoms with Gasteiger partial charge in [-0.25, -0.2) is 27.8 Å². The molecule has 194 valence electrons. The van der Waals surface area contributed by atoms with Crippen LogP contribution < -0.4 is 10.5 Å². The first-order valence-corrected chi connectivity index (χ1v) is 11.1. The number of fused-ring (bicyclic) bond motifs is 1. The van der Waals surface area contributed by atoms with E-state index in [1.807, 2.05) is 0 Å². The molecule has 1 atom stereocenters. The maximum Gasteiger partial charge on any atom is 0.245 e. The third-order valence-electron chi connectivity index (χ3n) is 6.09. The number of ketones is 1. The number of anilines is 1. The Hall–Kier alpha value is -4.64. The molecule has 0 unspecified atom stereocenters. The molecule has 5 rings (SSSR count). The van der Waals surface area contributed by atoms with Crippen LogP contribution in [0.25, 0.3) is 22.3 Å².